The summed E-state index contributed by atoms with van der Waals surface area (Å²) in [6.45, 7) is 0. The van der Waals surface area contributed by atoms with Crippen LogP contribution >= 0.6 is 26.1 Å². The molecule has 0 rings (SSSR count). The predicted octanol–water partition coefficient (Wildman–Crippen LogP) is -1.34. The smallest absolute Gasteiger partial charge is 0.772 e. The van der Waals surface area contributed by atoms with Gasteiger partial charge in [0, 0.05) is 0 Å². The Hall–Kier alpha value is 1.41. The van der Waals surface area contributed by atoms with Crippen LogP contribution in [-0.4, -0.2) is 0 Å². The predicted molar refractivity (Wildman–Crippen MR) is 22.8 cm³/mol. The first-order valence-corrected chi connectivity index (χ1v) is 3.29. The van der Waals surface area contributed by atoms with Gasteiger partial charge in [-0.2, -0.15) is 0 Å². The zero-order valence-corrected chi connectivity index (χ0v) is 8.39. The SMILES string of the molecule is O=P[O-].O=P[O-].O=P[O-].[Lu+3]. The van der Waals surface area contributed by atoms with Gasteiger partial charge in [0.1, 0.15) is 0 Å². The second-order valence-corrected chi connectivity index (χ2v) is 0.671. The van der Waals surface area contributed by atoms with E-state index in [4.69, 9.17) is 28.4 Å². The Bertz CT molecular complexity index is 49.7. The molecule has 0 aromatic carbocycles. The minimum atomic E-state index is -1.08. The van der Waals surface area contributed by atoms with E-state index in [9.17, 15) is 0 Å². The van der Waals surface area contributed by atoms with E-state index in [1.165, 1.54) is 0 Å². The van der Waals surface area contributed by atoms with Crippen LogP contribution < -0.4 is 14.7 Å². The van der Waals surface area contributed by atoms with E-state index in [0.29, 0.717) is 0 Å². The molecule has 0 aromatic heterocycles. The number of hydrogen-bond acceptors (Lipinski definition) is 6. The van der Waals surface area contributed by atoms with Gasteiger partial charge in [0.2, 0.25) is 0 Å². The molecule has 0 aliphatic rings. The molecule has 66 valence electrons. The first-order valence-electron chi connectivity index (χ1n) is 1.10. The summed E-state index contributed by atoms with van der Waals surface area (Å²) in [6.07, 6.45) is 0. The topological polar surface area (TPSA) is 120 Å². The molecule has 0 N–H and O–H groups in total. The average Bonchev–Trinajstić information content (AvgIpc) is 1.70. The molecule has 0 saturated carbocycles. The first kappa shape index (κ1) is 22.5. The molecule has 6 nitrogen and oxygen atoms in total. The summed E-state index contributed by atoms with van der Waals surface area (Å²) in [5.41, 5.74) is 0. The van der Waals surface area contributed by atoms with Crippen molar-refractivity contribution in [2.24, 2.45) is 0 Å². The van der Waals surface area contributed by atoms with Crippen LogP contribution in [0.1, 0.15) is 0 Å². The minimum Gasteiger partial charge on any atom is -0.772 e. The summed E-state index contributed by atoms with van der Waals surface area (Å²) in [5, 5.41) is 0. The van der Waals surface area contributed by atoms with Crippen LogP contribution in [0.3, 0.4) is 0 Å². The quantitative estimate of drug-likeness (QED) is 0.491. The second-order valence-electron chi connectivity index (χ2n) is 0.224. The fourth-order valence-electron chi connectivity index (χ4n) is 0. The zero-order valence-electron chi connectivity index (χ0n) is 4.05. The molecular formula is LuO6P3. The minimum absolute atomic E-state index is 0. The monoisotopic (exact) mass is 364 g/mol. The van der Waals surface area contributed by atoms with Gasteiger partial charge in [-0.15, -0.1) is 0 Å². The maximum absolute atomic E-state index is 8.35. The van der Waals surface area contributed by atoms with Gasteiger partial charge in [-0.3, -0.25) is 13.7 Å². The number of hydrogen-bond donors (Lipinski definition) is 0. The molecule has 0 bridgehead atoms. The van der Waals surface area contributed by atoms with Gasteiger partial charge in [-0.1, -0.05) is 0 Å². The molecule has 0 fully saturated rings. The van der Waals surface area contributed by atoms with Crippen molar-refractivity contribution < 1.29 is 65.3 Å². The third kappa shape index (κ3) is 333. The van der Waals surface area contributed by atoms with Crippen LogP contribution in [0.4, 0.5) is 0 Å². The molecule has 0 spiro atoms. The summed E-state index contributed by atoms with van der Waals surface area (Å²) in [7, 11) is -3.25. The van der Waals surface area contributed by atoms with Crippen molar-refractivity contribution in [2.45, 2.75) is 0 Å². The van der Waals surface area contributed by atoms with Gasteiger partial charge < -0.3 is 14.7 Å². The van der Waals surface area contributed by atoms with Crippen molar-refractivity contribution >= 4 is 26.1 Å². The Morgan fingerprint density at radius 3 is 0.700 bits per heavy atom. The molecule has 0 aliphatic heterocycles. The van der Waals surface area contributed by atoms with Crippen LogP contribution in [0.25, 0.3) is 0 Å². The summed E-state index contributed by atoms with van der Waals surface area (Å²) in [4.78, 5) is 25.0. The van der Waals surface area contributed by atoms with Gasteiger partial charge in [0.25, 0.3) is 0 Å². The normalized spacial score (nSPS) is 6.30. The van der Waals surface area contributed by atoms with Crippen molar-refractivity contribution in [3.8, 4) is 0 Å². The van der Waals surface area contributed by atoms with Gasteiger partial charge in [-0.25, -0.2) is 0 Å². The van der Waals surface area contributed by atoms with Crippen molar-refractivity contribution in [3.63, 3.8) is 0 Å². The third-order valence-electron chi connectivity index (χ3n) is 0. The van der Waals surface area contributed by atoms with Crippen molar-refractivity contribution in [1.82, 2.24) is 0 Å². The van der Waals surface area contributed by atoms with E-state index in [-0.39, 0.29) is 36.9 Å². The Labute approximate surface area is 90.7 Å². The van der Waals surface area contributed by atoms with Crippen LogP contribution in [-0.2, 0) is 13.7 Å². The van der Waals surface area contributed by atoms with Crippen LogP contribution in [0.15, 0.2) is 0 Å². The van der Waals surface area contributed by atoms with E-state index < -0.39 is 26.1 Å². The molecule has 0 amide bonds. The second kappa shape index (κ2) is 47.4. The fourth-order valence-corrected chi connectivity index (χ4v) is 0. The Balaban J connectivity index is -0.0000000257. The molecule has 0 atom stereocenters. The summed E-state index contributed by atoms with van der Waals surface area (Å²) in [6, 6.07) is 0. The summed E-state index contributed by atoms with van der Waals surface area (Å²) >= 11 is 0. The average molecular weight is 364 g/mol. The molecular weight excluding hydrogens is 364 g/mol. The first-order chi connectivity index (χ1) is 4.24. The maximum atomic E-state index is 8.35. The molecule has 0 unspecified atom stereocenters. The van der Waals surface area contributed by atoms with Crippen molar-refractivity contribution in [3.05, 3.63) is 0 Å². The van der Waals surface area contributed by atoms with E-state index >= 15 is 0 Å². The number of rotatable bonds is 0. The Morgan fingerprint density at radius 2 is 0.700 bits per heavy atom. The van der Waals surface area contributed by atoms with E-state index in [2.05, 4.69) is 0 Å². The fraction of sp³-hybridized carbons (Fsp3) is 0. The Kier molecular flexibility index (Phi) is 107. The zero-order chi connectivity index (χ0) is 8.12. The molecule has 10 heteroatoms. The van der Waals surface area contributed by atoms with Crippen LogP contribution in [0, 0.1) is 36.9 Å². The molecule has 0 heterocycles. The Morgan fingerprint density at radius 1 is 0.700 bits per heavy atom. The van der Waals surface area contributed by atoms with Gasteiger partial charge in [0.05, 0.1) is 26.1 Å². The van der Waals surface area contributed by atoms with E-state index in [1.807, 2.05) is 0 Å². The molecule has 0 aliphatic carbocycles. The largest absolute Gasteiger partial charge is 3.00 e. The molecule has 0 saturated heterocycles. The maximum Gasteiger partial charge on any atom is 3.00 e. The van der Waals surface area contributed by atoms with E-state index in [1.54, 1.807) is 0 Å². The van der Waals surface area contributed by atoms with Crippen LogP contribution in [0.2, 0.25) is 0 Å². The molecule has 0 radical (unpaired) electrons. The van der Waals surface area contributed by atoms with E-state index in [0.717, 1.165) is 0 Å². The molecule has 10 heavy (non-hydrogen) atoms. The third-order valence-corrected chi connectivity index (χ3v) is 0. The van der Waals surface area contributed by atoms with Gasteiger partial charge in [-0.05, 0) is 0 Å². The summed E-state index contributed by atoms with van der Waals surface area (Å²) in [5.74, 6) is 0. The molecule has 0 aromatic rings. The summed E-state index contributed by atoms with van der Waals surface area (Å²) < 4.78 is 25.0. The van der Waals surface area contributed by atoms with Gasteiger partial charge >= 0.3 is 36.9 Å². The van der Waals surface area contributed by atoms with Crippen molar-refractivity contribution in [1.29, 1.82) is 0 Å². The standard InChI is InChI=1S/Lu.3HO2P/c;3*1-3-2/h;3*(H,1,2)/q+3;;;/p-3. The van der Waals surface area contributed by atoms with Crippen molar-refractivity contribution in [2.75, 3.05) is 0 Å². The van der Waals surface area contributed by atoms with Gasteiger partial charge in [0.15, 0.2) is 0 Å². The van der Waals surface area contributed by atoms with Crippen LogP contribution in [0.5, 0.6) is 0 Å².